The average molecular weight is 291 g/mol. The maximum absolute atomic E-state index is 13.4. The lowest BCUT2D eigenvalue weighted by Gasteiger charge is -2.26. The van der Waals surface area contributed by atoms with Crippen molar-refractivity contribution in [3.05, 3.63) is 34.9 Å². The van der Waals surface area contributed by atoms with Gasteiger partial charge in [0.2, 0.25) is 0 Å². The van der Waals surface area contributed by atoms with Crippen LogP contribution in [-0.4, -0.2) is 23.2 Å². The number of halogens is 4. The summed E-state index contributed by atoms with van der Waals surface area (Å²) in [5.41, 5.74) is -1.28. The Morgan fingerprint density at radius 3 is 2.30 bits per heavy atom. The number of hydrogen-bond donors (Lipinski definition) is 2. The monoisotopic (exact) mass is 291 g/mol. The summed E-state index contributed by atoms with van der Waals surface area (Å²) in [6.07, 6.45) is 1.41. The van der Waals surface area contributed by atoms with Gasteiger partial charge in [0.1, 0.15) is 5.56 Å². The van der Waals surface area contributed by atoms with Gasteiger partial charge in [0, 0.05) is 12.1 Å². The van der Waals surface area contributed by atoms with Gasteiger partial charge in [-0.25, -0.2) is 17.6 Å². The summed E-state index contributed by atoms with van der Waals surface area (Å²) in [5.74, 6) is -7.93. The fourth-order valence-corrected chi connectivity index (χ4v) is 2.33. The molecule has 0 spiro atoms. The van der Waals surface area contributed by atoms with Crippen LogP contribution in [0.2, 0.25) is 0 Å². The molecule has 0 aromatic heterocycles. The predicted molar refractivity (Wildman–Crippen MR) is 62.0 cm³/mol. The second-order valence-corrected chi connectivity index (χ2v) is 4.83. The summed E-state index contributed by atoms with van der Waals surface area (Å²) in [4.78, 5) is 11.8. The molecule has 3 nitrogen and oxygen atoms in total. The lowest BCUT2D eigenvalue weighted by Crippen LogP contribution is -2.40. The van der Waals surface area contributed by atoms with E-state index in [1.165, 1.54) is 0 Å². The Labute approximate surface area is 112 Å². The first-order valence-corrected chi connectivity index (χ1v) is 6.22. The molecule has 0 bridgehead atoms. The molecule has 0 aliphatic heterocycles. The molecule has 20 heavy (non-hydrogen) atoms. The van der Waals surface area contributed by atoms with Gasteiger partial charge in [-0.15, -0.1) is 0 Å². The molecule has 0 heterocycles. The highest BCUT2D eigenvalue weighted by Gasteiger charge is 2.28. The number of benzene rings is 1. The quantitative estimate of drug-likeness (QED) is 0.649. The minimum atomic E-state index is -1.72. The van der Waals surface area contributed by atoms with E-state index in [1.54, 1.807) is 0 Å². The zero-order chi connectivity index (χ0) is 14.9. The number of carbonyl (C=O) groups excluding carboxylic acids is 1. The molecule has 2 unspecified atom stereocenters. The smallest absolute Gasteiger partial charge is 0.257 e. The Hall–Kier alpha value is -1.63. The molecule has 0 radical (unpaired) electrons. The van der Waals surface area contributed by atoms with E-state index >= 15 is 0 Å². The van der Waals surface area contributed by atoms with Gasteiger partial charge >= 0.3 is 0 Å². The first kappa shape index (κ1) is 14.8. The Morgan fingerprint density at radius 1 is 1.15 bits per heavy atom. The van der Waals surface area contributed by atoms with Crippen LogP contribution in [0.25, 0.3) is 0 Å². The second kappa shape index (κ2) is 5.78. The van der Waals surface area contributed by atoms with Gasteiger partial charge in [0.15, 0.2) is 23.3 Å². The molecule has 1 fully saturated rings. The molecule has 2 N–H and O–H groups in total. The van der Waals surface area contributed by atoms with Crippen molar-refractivity contribution < 1.29 is 27.5 Å². The van der Waals surface area contributed by atoms with E-state index in [4.69, 9.17) is 0 Å². The summed E-state index contributed by atoms with van der Waals surface area (Å²) in [5, 5.41) is 11.7. The van der Waals surface area contributed by atoms with Gasteiger partial charge in [0.05, 0.1) is 6.10 Å². The van der Waals surface area contributed by atoms with Gasteiger partial charge < -0.3 is 10.4 Å². The van der Waals surface area contributed by atoms with Gasteiger partial charge in [-0.05, 0) is 25.7 Å². The molecule has 1 aromatic carbocycles. The molecule has 1 amide bonds. The summed E-state index contributed by atoms with van der Waals surface area (Å²) >= 11 is 0. The van der Waals surface area contributed by atoms with Crippen molar-refractivity contribution >= 4 is 5.91 Å². The number of aliphatic hydroxyl groups is 1. The van der Waals surface area contributed by atoms with Gasteiger partial charge in [-0.2, -0.15) is 0 Å². The summed E-state index contributed by atoms with van der Waals surface area (Å²) in [6, 6.07) is -0.428. The maximum atomic E-state index is 13.4. The van der Waals surface area contributed by atoms with Crippen molar-refractivity contribution in [2.45, 2.75) is 37.8 Å². The predicted octanol–water partition coefficient (Wildman–Crippen LogP) is 2.28. The summed E-state index contributed by atoms with van der Waals surface area (Å²) in [6.45, 7) is 0. The lowest BCUT2D eigenvalue weighted by molar-refractivity contribution is 0.0840. The van der Waals surface area contributed by atoms with E-state index in [-0.39, 0.29) is 12.5 Å². The number of carbonyl (C=O) groups is 1. The van der Waals surface area contributed by atoms with Crippen molar-refractivity contribution in [3.8, 4) is 0 Å². The molecule has 2 atom stereocenters. The molecular formula is C13H13F4NO2. The highest BCUT2D eigenvalue weighted by molar-refractivity contribution is 5.95. The van der Waals surface area contributed by atoms with E-state index in [0.29, 0.717) is 19.3 Å². The minimum absolute atomic E-state index is 0.0474. The van der Waals surface area contributed by atoms with E-state index < -0.39 is 46.9 Å². The SMILES string of the molecule is O=C(NC1CCCC(O)C1)c1c(F)c(F)cc(F)c1F. The molecule has 1 aliphatic carbocycles. The average Bonchev–Trinajstić information content (AvgIpc) is 2.36. The van der Waals surface area contributed by atoms with Gasteiger partial charge in [-0.1, -0.05) is 0 Å². The zero-order valence-corrected chi connectivity index (χ0v) is 10.4. The van der Waals surface area contributed by atoms with Gasteiger partial charge in [-0.3, -0.25) is 4.79 Å². The molecule has 1 aromatic rings. The van der Waals surface area contributed by atoms with Crippen molar-refractivity contribution in [3.63, 3.8) is 0 Å². The normalized spacial score (nSPS) is 22.6. The van der Waals surface area contributed by atoms with Gasteiger partial charge in [0.25, 0.3) is 5.91 Å². The number of aliphatic hydroxyl groups excluding tert-OH is 1. The lowest BCUT2D eigenvalue weighted by atomic mass is 9.93. The third-order valence-electron chi connectivity index (χ3n) is 3.32. The van der Waals surface area contributed by atoms with Crippen molar-refractivity contribution in [2.24, 2.45) is 0 Å². The molecule has 1 saturated carbocycles. The van der Waals surface area contributed by atoms with E-state index in [2.05, 4.69) is 5.32 Å². The Balaban J connectivity index is 2.21. The first-order chi connectivity index (χ1) is 9.40. The number of hydrogen-bond acceptors (Lipinski definition) is 2. The van der Waals surface area contributed by atoms with E-state index in [9.17, 15) is 27.5 Å². The third kappa shape index (κ3) is 2.92. The number of amides is 1. The molecule has 1 aliphatic rings. The third-order valence-corrected chi connectivity index (χ3v) is 3.32. The Kier molecular flexibility index (Phi) is 4.27. The van der Waals surface area contributed by atoms with Crippen LogP contribution in [0.15, 0.2) is 6.07 Å². The number of rotatable bonds is 2. The highest BCUT2D eigenvalue weighted by Crippen LogP contribution is 2.22. The highest BCUT2D eigenvalue weighted by atomic mass is 19.2. The Bertz CT molecular complexity index is 509. The zero-order valence-electron chi connectivity index (χ0n) is 10.4. The van der Waals surface area contributed by atoms with Crippen LogP contribution < -0.4 is 5.32 Å². The van der Waals surface area contributed by atoms with Crippen LogP contribution in [0.1, 0.15) is 36.0 Å². The molecular weight excluding hydrogens is 278 g/mol. The Morgan fingerprint density at radius 2 is 1.75 bits per heavy atom. The van der Waals surface area contributed by atoms with Crippen LogP contribution in [0.3, 0.4) is 0 Å². The fraction of sp³-hybridized carbons (Fsp3) is 0.462. The van der Waals surface area contributed by atoms with Crippen LogP contribution in [0, 0.1) is 23.3 Å². The molecule has 0 saturated heterocycles. The molecule has 110 valence electrons. The second-order valence-electron chi connectivity index (χ2n) is 4.83. The molecule has 7 heteroatoms. The van der Waals surface area contributed by atoms with Crippen LogP contribution in [0.4, 0.5) is 17.6 Å². The topological polar surface area (TPSA) is 49.3 Å². The van der Waals surface area contributed by atoms with Crippen LogP contribution >= 0.6 is 0 Å². The minimum Gasteiger partial charge on any atom is -0.393 e. The first-order valence-electron chi connectivity index (χ1n) is 6.22. The van der Waals surface area contributed by atoms with Crippen molar-refractivity contribution in [1.82, 2.24) is 5.32 Å². The van der Waals surface area contributed by atoms with Crippen molar-refractivity contribution in [1.29, 1.82) is 0 Å². The van der Waals surface area contributed by atoms with Crippen LogP contribution in [0.5, 0.6) is 0 Å². The largest absolute Gasteiger partial charge is 0.393 e. The van der Waals surface area contributed by atoms with E-state index in [0.717, 1.165) is 0 Å². The molecule has 2 rings (SSSR count). The van der Waals surface area contributed by atoms with Crippen LogP contribution in [-0.2, 0) is 0 Å². The standard InChI is InChI=1S/C13H13F4NO2/c14-8-5-9(15)12(17)10(11(8)16)13(20)18-6-2-1-3-7(19)4-6/h5-7,19H,1-4H2,(H,18,20). The summed E-state index contributed by atoms with van der Waals surface area (Å²) < 4.78 is 52.9. The number of nitrogens with one attached hydrogen (secondary N) is 1. The maximum Gasteiger partial charge on any atom is 0.257 e. The van der Waals surface area contributed by atoms with E-state index in [1.807, 2.05) is 0 Å². The van der Waals surface area contributed by atoms with Crippen molar-refractivity contribution in [2.75, 3.05) is 0 Å². The fourth-order valence-electron chi connectivity index (χ4n) is 2.33. The summed E-state index contributed by atoms with van der Waals surface area (Å²) in [7, 11) is 0.